The van der Waals surface area contributed by atoms with Crippen molar-refractivity contribution >= 4 is 17.6 Å². The number of anilines is 1. The molecule has 8 nitrogen and oxygen atoms in total. The number of rotatable bonds is 6. The quantitative estimate of drug-likeness (QED) is 0.610. The number of fused-ring (bicyclic) bond motifs is 1. The summed E-state index contributed by atoms with van der Waals surface area (Å²) < 4.78 is 27.0. The Kier molecular flexibility index (Phi) is 6.52. The minimum Gasteiger partial charge on any atom is -0.497 e. The third kappa shape index (κ3) is 4.44. The van der Waals surface area contributed by atoms with E-state index >= 15 is 0 Å². The lowest BCUT2D eigenvalue weighted by molar-refractivity contribution is 0.0582. The van der Waals surface area contributed by atoms with E-state index in [0.29, 0.717) is 34.2 Å². The highest BCUT2D eigenvalue weighted by atomic mass is 16.6. The first kappa shape index (κ1) is 23.2. The van der Waals surface area contributed by atoms with Crippen molar-refractivity contribution < 1.29 is 33.3 Å². The molecular weight excluding hydrogens is 414 g/mol. The highest BCUT2D eigenvalue weighted by molar-refractivity contribution is 6.06. The molecule has 0 aromatic heterocycles. The number of benzene rings is 2. The summed E-state index contributed by atoms with van der Waals surface area (Å²) in [5, 5.41) is 0. The lowest BCUT2D eigenvalue weighted by Gasteiger charge is -2.25. The minimum absolute atomic E-state index is 0.146. The highest BCUT2D eigenvalue weighted by Crippen LogP contribution is 2.43. The van der Waals surface area contributed by atoms with Gasteiger partial charge in [0, 0.05) is 18.2 Å². The highest BCUT2D eigenvalue weighted by Gasteiger charge is 2.39. The van der Waals surface area contributed by atoms with Crippen molar-refractivity contribution in [1.29, 1.82) is 0 Å². The number of amides is 1. The zero-order valence-electron chi connectivity index (χ0n) is 19.5. The van der Waals surface area contributed by atoms with Crippen LogP contribution in [0.5, 0.6) is 23.0 Å². The van der Waals surface area contributed by atoms with Gasteiger partial charge < -0.3 is 23.7 Å². The van der Waals surface area contributed by atoms with Gasteiger partial charge in [0.25, 0.3) is 0 Å². The van der Waals surface area contributed by atoms with Gasteiger partial charge in [0.05, 0.1) is 40.0 Å². The number of ether oxygens (including phenoxy) is 5. The van der Waals surface area contributed by atoms with Crippen molar-refractivity contribution in [3.63, 3.8) is 0 Å². The Hall–Kier alpha value is -3.42. The zero-order valence-corrected chi connectivity index (χ0v) is 19.5. The number of methoxy groups -OCH3 is 4. The first-order chi connectivity index (χ1) is 15.1. The van der Waals surface area contributed by atoms with Crippen LogP contribution in [-0.4, -0.2) is 52.5 Å². The number of ketones is 1. The van der Waals surface area contributed by atoms with Gasteiger partial charge in [0.1, 0.15) is 11.4 Å². The maximum absolute atomic E-state index is 13.6. The molecule has 3 rings (SSSR count). The normalized spacial score (nSPS) is 15.1. The first-order valence-electron chi connectivity index (χ1n) is 10.2. The van der Waals surface area contributed by atoms with Gasteiger partial charge in [-0.15, -0.1) is 0 Å². The van der Waals surface area contributed by atoms with Crippen LogP contribution in [0, 0.1) is 0 Å². The van der Waals surface area contributed by atoms with E-state index in [0.717, 1.165) is 5.56 Å². The summed E-state index contributed by atoms with van der Waals surface area (Å²) in [4.78, 5) is 28.0. The predicted molar refractivity (Wildman–Crippen MR) is 120 cm³/mol. The van der Waals surface area contributed by atoms with Crippen LogP contribution in [0.25, 0.3) is 0 Å². The van der Waals surface area contributed by atoms with Crippen LogP contribution in [0.2, 0.25) is 0 Å². The molecule has 1 heterocycles. The summed E-state index contributed by atoms with van der Waals surface area (Å²) in [5.41, 5.74) is 1.02. The summed E-state index contributed by atoms with van der Waals surface area (Å²) in [6.07, 6.45) is -0.521. The number of carbonyl (C=O) groups is 2. The average Bonchev–Trinajstić information content (AvgIpc) is 3.15. The van der Waals surface area contributed by atoms with Crippen LogP contribution in [0.15, 0.2) is 30.3 Å². The van der Waals surface area contributed by atoms with E-state index in [1.165, 1.54) is 26.2 Å². The fourth-order valence-corrected chi connectivity index (χ4v) is 3.70. The molecule has 1 aliphatic rings. The van der Waals surface area contributed by atoms with Crippen molar-refractivity contribution in [3.05, 3.63) is 41.5 Å². The van der Waals surface area contributed by atoms with Crippen molar-refractivity contribution in [2.45, 2.75) is 32.3 Å². The van der Waals surface area contributed by atoms with Crippen LogP contribution < -0.4 is 23.8 Å². The van der Waals surface area contributed by atoms with E-state index in [4.69, 9.17) is 23.7 Å². The summed E-state index contributed by atoms with van der Waals surface area (Å²) in [6.45, 7) is 5.54. The van der Waals surface area contributed by atoms with Gasteiger partial charge in [-0.3, -0.25) is 9.69 Å². The van der Waals surface area contributed by atoms with Crippen molar-refractivity contribution in [3.8, 4) is 23.0 Å². The van der Waals surface area contributed by atoms with E-state index in [-0.39, 0.29) is 12.3 Å². The molecule has 1 atom stereocenters. The van der Waals surface area contributed by atoms with E-state index in [1.807, 2.05) is 0 Å². The largest absolute Gasteiger partial charge is 0.497 e. The molecule has 1 unspecified atom stereocenters. The Morgan fingerprint density at radius 3 is 2.03 bits per heavy atom. The van der Waals surface area contributed by atoms with Crippen LogP contribution in [0.3, 0.4) is 0 Å². The van der Waals surface area contributed by atoms with Crippen molar-refractivity contribution in [2.75, 3.05) is 39.9 Å². The topological polar surface area (TPSA) is 83.5 Å². The fraction of sp³-hybridized carbons (Fsp3) is 0.417. The summed E-state index contributed by atoms with van der Waals surface area (Å²) in [5.74, 6) is 0.976. The number of nitrogens with zero attached hydrogens (tertiary/aromatic N) is 1. The molecule has 32 heavy (non-hydrogen) atoms. The zero-order chi connectivity index (χ0) is 23.6. The predicted octanol–water partition coefficient (Wildman–Crippen LogP) is 4.44. The third-order valence-corrected chi connectivity index (χ3v) is 5.15. The maximum Gasteiger partial charge on any atom is 0.414 e. The smallest absolute Gasteiger partial charge is 0.414 e. The molecule has 0 fully saturated rings. The number of Topliss-reactive ketones (excluding diaryl/α,β-unsaturated/α-hetero) is 1. The molecule has 8 heteroatoms. The average molecular weight is 443 g/mol. The molecular formula is C24H29NO7. The lowest BCUT2D eigenvalue weighted by Crippen LogP contribution is -2.36. The second-order valence-corrected chi connectivity index (χ2v) is 8.35. The van der Waals surface area contributed by atoms with Crippen LogP contribution in [-0.2, 0) is 4.74 Å². The maximum atomic E-state index is 13.6. The summed E-state index contributed by atoms with van der Waals surface area (Å²) in [6, 6.07) is 8.54. The van der Waals surface area contributed by atoms with Gasteiger partial charge in [-0.05, 0) is 44.5 Å². The first-order valence-corrected chi connectivity index (χ1v) is 10.2. The molecule has 1 aliphatic heterocycles. The Morgan fingerprint density at radius 1 is 0.906 bits per heavy atom. The number of carbonyl (C=O) groups excluding carboxylic acids is 2. The Morgan fingerprint density at radius 2 is 1.53 bits per heavy atom. The molecule has 2 aromatic carbocycles. The fourth-order valence-electron chi connectivity index (χ4n) is 3.70. The van der Waals surface area contributed by atoms with Gasteiger partial charge in [0.15, 0.2) is 17.3 Å². The van der Waals surface area contributed by atoms with E-state index < -0.39 is 17.6 Å². The second kappa shape index (κ2) is 8.98. The number of hydrogen-bond acceptors (Lipinski definition) is 7. The standard InChI is InChI=1S/C24H29NO7/c1-24(2,3)32-23(27)25-13-17(16-9-8-15(28-4)12-18(16)25)21(26)14-10-19(29-5)22(31-7)20(11-14)30-6/h8-12,17H,13H2,1-7H3. The van der Waals surface area contributed by atoms with Crippen molar-refractivity contribution in [2.24, 2.45) is 0 Å². The Bertz CT molecular complexity index is 1000. The van der Waals surface area contributed by atoms with Crippen LogP contribution in [0.4, 0.5) is 10.5 Å². The number of hydrogen-bond donors (Lipinski definition) is 0. The molecule has 2 aromatic rings. The Balaban J connectivity index is 2.04. The Labute approximate surface area is 188 Å². The summed E-state index contributed by atoms with van der Waals surface area (Å²) >= 11 is 0. The molecule has 172 valence electrons. The lowest BCUT2D eigenvalue weighted by atomic mass is 9.92. The molecule has 0 saturated carbocycles. The van der Waals surface area contributed by atoms with Gasteiger partial charge in [-0.1, -0.05) is 6.07 Å². The molecule has 0 N–H and O–H groups in total. The molecule has 0 aliphatic carbocycles. The summed E-state index contributed by atoms with van der Waals surface area (Å²) in [7, 11) is 6.04. The van der Waals surface area contributed by atoms with Crippen molar-refractivity contribution in [1.82, 2.24) is 0 Å². The molecule has 1 amide bonds. The molecule has 0 bridgehead atoms. The SMILES string of the molecule is COc1ccc2c(c1)N(C(=O)OC(C)(C)C)CC2C(=O)c1cc(OC)c(OC)c(OC)c1. The molecule has 0 saturated heterocycles. The monoisotopic (exact) mass is 443 g/mol. The van der Waals surface area contributed by atoms with E-state index in [9.17, 15) is 9.59 Å². The van der Waals surface area contributed by atoms with E-state index in [1.54, 1.807) is 58.2 Å². The van der Waals surface area contributed by atoms with E-state index in [2.05, 4.69) is 0 Å². The molecule has 0 radical (unpaired) electrons. The van der Waals surface area contributed by atoms with Crippen LogP contribution >= 0.6 is 0 Å². The van der Waals surface area contributed by atoms with Gasteiger partial charge >= 0.3 is 6.09 Å². The second-order valence-electron chi connectivity index (χ2n) is 8.35. The van der Waals surface area contributed by atoms with Gasteiger partial charge in [-0.25, -0.2) is 4.79 Å². The minimum atomic E-state index is -0.672. The van der Waals surface area contributed by atoms with Gasteiger partial charge in [0.2, 0.25) is 5.75 Å². The van der Waals surface area contributed by atoms with Gasteiger partial charge in [-0.2, -0.15) is 0 Å². The van der Waals surface area contributed by atoms with Crippen LogP contribution in [0.1, 0.15) is 42.6 Å². The molecule has 0 spiro atoms. The third-order valence-electron chi connectivity index (χ3n) is 5.15.